The molecule has 1 N–H and O–H groups in total. The maximum absolute atomic E-state index is 14.7. The van der Waals surface area contributed by atoms with Crippen molar-refractivity contribution in [1.82, 2.24) is 4.98 Å². The van der Waals surface area contributed by atoms with Crippen molar-refractivity contribution in [2.24, 2.45) is 5.92 Å². The summed E-state index contributed by atoms with van der Waals surface area (Å²) in [5, 5.41) is 3.06. The van der Waals surface area contributed by atoms with E-state index in [2.05, 4.69) is 10.3 Å². The number of ether oxygens (including phenoxy) is 1. The van der Waals surface area contributed by atoms with Crippen molar-refractivity contribution >= 4 is 34.4 Å². The molecule has 4 atom stereocenters. The maximum atomic E-state index is 14.7. The number of nitrogens with zero attached hydrogens (tertiary/aromatic N) is 2. The first-order valence-electron chi connectivity index (χ1n) is 13.6. The molecule has 3 aliphatic heterocycles. The molecule has 1 amide bonds. The number of para-hydroxylation sites is 2. The smallest absolute Gasteiger partial charge is 0.238 e. The van der Waals surface area contributed by atoms with E-state index in [1.807, 2.05) is 66.4 Å². The Balaban J connectivity index is 1.54. The molecule has 4 heterocycles. The quantitative estimate of drug-likeness (QED) is 0.344. The predicted molar refractivity (Wildman–Crippen MR) is 156 cm³/mol. The summed E-state index contributed by atoms with van der Waals surface area (Å²) < 4.78 is 5.32. The second-order valence-electron chi connectivity index (χ2n) is 10.7. The number of rotatable bonds is 5. The highest BCUT2D eigenvalue weighted by molar-refractivity contribution is 6.18. The highest BCUT2D eigenvalue weighted by atomic mass is 16.5. The van der Waals surface area contributed by atoms with Gasteiger partial charge < -0.3 is 15.0 Å². The van der Waals surface area contributed by atoms with Crippen molar-refractivity contribution in [3.63, 3.8) is 0 Å². The maximum Gasteiger partial charge on any atom is 0.238 e. The van der Waals surface area contributed by atoms with Crippen LogP contribution in [-0.4, -0.2) is 41.7 Å². The average Bonchev–Trinajstić information content (AvgIpc) is 3.49. The van der Waals surface area contributed by atoms with Crippen LogP contribution in [0, 0.1) is 5.92 Å². The Kier molecular flexibility index (Phi) is 5.64. The van der Waals surface area contributed by atoms with Crippen LogP contribution in [0.4, 0.5) is 11.4 Å². The number of nitrogens with one attached hydrogen (secondary N) is 1. The summed E-state index contributed by atoms with van der Waals surface area (Å²) in [4.78, 5) is 50.2. The van der Waals surface area contributed by atoms with Crippen LogP contribution in [0.3, 0.4) is 0 Å². The topological polar surface area (TPSA) is 88.6 Å². The molecular formula is C34H27N3O4. The summed E-state index contributed by atoms with van der Waals surface area (Å²) in [6.07, 6.45) is 3.61. The number of Topliss-reactive ketones (excluding diaryl/α,β-unsaturated/α-hetero) is 2. The first-order valence-corrected chi connectivity index (χ1v) is 13.6. The number of hydrogen-bond donors (Lipinski definition) is 1. The number of amides is 1. The third kappa shape index (κ3) is 3.45. The van der Waals surface area contributed by atoms with Gasteiger partial charge in [-0.3, -0.25) is 19.4 Å². The highest BCUT2D eigenvalue weighted by Gasteiger charge is 2.70. The van der Waals surface area contributed by atoms with Crippen LogP contribution in [0.5, 0.6) is 5.75 Å². The van der Waals surface area contributed by atoms with E-state index < -0.39 is 23.4 Å². The van der Waals surface area contributed by atoms with E-state index in [1.165, 1.54) is 0 Å². The molecule has 7 nitrogen and oxygen atoms in total. The number of carbonyl (C=O) groups excluding carboxylic acids is 3. The van der Waals surface area contributed by atoms with Gasteiger partial charge in [-0.15, -0.1) is 0 Å². The van der Waals surface area contributed by atoms with Gasteiger partial charge in [-0.1, -0.05) is 48.5 Å². The minimum atomic E-state index is -1.37. The summed E-state index contributed by atoms with van der Waals surface area (Å²) in [7, 11) is 1.57. The summed E-state index contributed by atoms with van der Waals surface area (Å²) in [6, 6.07) is 25.8. The van der Waals surface area contributed by atoms with Crippen molar-refractivity contribution in [2.75, 3.05) is 17.3 Å². The van der Waals surface area contributed by atoms with Gasteiger partial charge in [-0.2, -0.15) is 0 Å². The zero-order valence-electron chi connectivity index (χ0n) is 22.6. The second-order valence-corrected chi connectivity index (χ2v) is 10.7. The third-order valence-electron chi connectivity index (χ3n) is 8.73. The van der Waals surface area contributed by atoms with Crippen LogP contribution < -0.4 is 15.0 Å². The molecule has 1 spiro atoms. The molecule has 7 rings (SSSR count). The number of hydrogen-bond acceptors (Lipinski definition) is 6. The zero-order valence-corrected chi connectivity index (χ0v) is 22.6. The lowest BCUT2D eigenvalue weighted by Crippen LogP contribution is -2.51. The van der Waals surface area contributed by atoms with Crippen molar-refractivity contribution in [3.8, 4) is 5.75 Å². The Hall–Kier alpha value is -5.04. The van der Waals surface area contributed by atoms with Crippen LogP contribution in [0.2, 0.25) is 0 Å². The minimum Gasteiger partial charge on any atom is -0.497 e. The van der Waals surface area contributed by atoms with Crippen LogP contribution in [0.1, 0.15) is 38.9 Å². The van der Waals surface area contributed by atoms with Gasteiger partial charge in [0.15, 0.2) is 11.6 Å². The first kappa shape index (κ1) is 25.0. The molecule has 0 bridgehead atoms. The van der Waals surface area contributed by atoms with Gasteiger partial charge in [0.1, 0.15) is 22.9 Å². The Morgan fingerprint density at radius 2 is 1.63 bits per heavy atom. The number of ketones is 2. The number of anilines is 2. The summed E-state index contributed by atoms with van der Waals surface area (Å²) in [5.74, 6) is -1.33. The molecule has 1 saturated heterocycles. The lowest BCUT2D eigenvalue weighted by molar-refractivity contribution is -0.121. The molecule has 7 heteroatoms. The highest BCUT2D eigenvalue weighted by Crippen LogP contribution is 2.58. The van der Waals surface area contributed by atoms with Gasteiger partial charge in [-0.25, -0.2) is 0 Å². The molecule has 4 aromatic rings. The van der Waals surface area contributed by atoms with Crippen molar-refractivity contribution in [2.45, 2.75) is 24.4 Å². The number of methoxy groups -OCH3 is 1. The SMILES string of the molecule is COc1ccc(C(=O)[C@@H]2[C@H](C(=O)c3ccccn3)[C@]3(C(=O)Nc4ccccc43)[C@H]3C=C(C)c4ccccc4N23)cc1. The van der Waals surface area contributed by atoms with Crippen molar-refractivity contribution < 1.29 is 19.1 Å². The second kappa shape index (κ2) is 9.27. The van der Waals surface area contributed by atoms with E-state index in [4.69, 9.17) is 4.74 Å². The standard InChI is InChI=1S/C34H27N3O4/c1-20-19-28-34(24-10-4-5-11-25(24)36-33(34)40)29(32(39)26-12-7-8-18-35-26)30(37(28)27-13-6-3-9-23(20)27)31(38)21-14-16-22(41-2)17-15-21/h3-19,28-30H,1-2H3,(H,36,40)/t28-,29-,30+,34-/m1/s1. The van der Waals surface area contributed by atoms with E-state index in [0.717, 1.165) is 16.8 Å². The Bertz CT molecular complexity index is 1750. The largest absolute Gasteiger partial charge is 0.497 e. The molecule has 202 valence electrons. The fourth-order valence-corrected chi connectivity index (χ4v) is 6.98. The predicted octanol–water partition coefficient (Wildman–Crippen LogP) is 5.34. The number of fused-ring (bicyclic) bond motifs is 6. The minimum absolute atomic E-state index is 0.218. The van der Waals surface area contributed by atoms with Gasteiger partial charge in [0, 0.05) is 28.7 Å². The molecule has 3 aliphatic rings. The zero-order chi connectivity index (χ0) is 28.3. The van der Waals surface area contributed by atoms with Gasteiger partial charge in [-0.05, 0) is 66.6 Å². The molecule has 1 aromatic heterocycles. The van der Waals surface area contributed by atoms with Gasteiger partial charge in [0.2, 0.25) is 5.91 Å². The molecule has 0 aliphatic carbocycles. The molecule has 1 fully saturated rings. The number of allylic oxidation sites excluding steroid dienone is 1. The van der Waals surface area contributed by atoms with Gasteiger partial charge >= 0.3 is 0 Å². The third-order valence-corrected chi connectivity index (χ3v) is 8.73. The molecule has 0 saturated carbocycles. The van der Waals surface area contributed by atoms with Gasteiger partial charge in [0.25, 0.3) is 0 Å². The van der Waals surface area contributed by atoms with E-state index >= 15 is 0 Å². The number of pyridine rings is 1. The van der Waals surface area contributed by atoms with E-state index in [-0.39, 0.29) is 23.2 Å². The van der Waals surface area contributed by atoms with Crippen LogP contribution >= 0.6 is 0 Å². The molecule has 3 aromatic carbocycles. The lowest BCUT2D eigenvalue weighted by atomic mass is 9.64. The van der Waals surface area contributed by atoms with E-state index in [1.54, 1.807) is 55.8 Å². The molecular weight excluding hydrogens is 514 g/mol. The Morgan fingerprint density at radius 1 is 0.902 bits per heavy atom. The van der Waals surface area contributed by atoms with Crippen LogP contribution in [0.25, 0.3) is 5.57 Å². The monoisotopic (exact) mass is 541 g/mol. The lowest BCUT2D eigenvalue weighted by Gasteiger charge is -2.39. The Labute approximate surface area is 237 Å². The summed E-state index contributed by atoms with van der Waals surface area (Å²) in [6.45, 7) is 2.01. The number of carbonyl (C=O) groups is 3. The van der Waals surface area contributed by atoms with Crippen molar-refractivity contribution in [1.29, 1.82) is 0 Å². The summed E-state index contributed by atoms with van der Waals surface area (Å²) >= 11 is 0. The van der Waals surface area contributed by atoms with E-state index in [0.29, 0.717) is 22.6 Å². The first-order chi connectivity index (χ1) is 20.0. The van der Waals surface area contributed by atoms with E-state index in [9.17, 15) is 14.4 Å². The van der Waals surface area contributed by atoms with Gasteiger partial charge in [0.05, 0.1) is 19.1 Å². The normalized spacial score (nSPS) is 23.8. The molecule has 0 unspecified atom stereocenters. The number of aromatic nitrogens is 1. The van der Waals surface area contributed by atoms with Crippen LogP contribution in [-0.2, 0) is 10.2 Å². The fraction of sp³-hybridized carbons (Fsp3) is 0.176. The average molecular weight is 542 g/mol. The number of benzene rings is 3. The summed E-state index contributed by atoms with van der Waals surface area (Å²) in [5.41, 5.74) is 3.41. The fourth-order valence-electron chi connectivity index (χ4n) is 6.98. The molecule has 0 radical (unpaired) electrons. The van der Waals surface area contributed by atoms with Crippen LogP contribution in [0.15, 0.2) is 103 Å². The Morgan fingerprint density at radius 3 is 2.39 bits per heavy atom. The molecule has 41 heavy (non-hydrogen) atoms. The van der Waals surface area contributed by atoms with Crippen molar-refractivity contribution in [3.05, 3.63) is 126 Å².